The highest BCUT2D eigenvalue weighted by Crippen LogP contribution is 2.30. The van der Waals surface area contributed by atoms with Gasteiger partial charge in [0.25, 0.3) is 0 Å². The molecule has 0 atom stereocenters. The van der Waals surface area contributed by atoms with Gasteiger partial charge in [-0.2, -0.15) is 0 Å². The molecule has 0 saturated heterocycles. The molecule has 1 heteroatoms. The molecule has 3 aromatic carbocycles. The maximum atomic E-state index is 2.25. The normalized spacial score (nSPS) is 10.0. The van der Waals surface area contributed by atoms with E-state index in [2.05, 4.69) is 91.9 Å². The van der Waals surface area contributed by atoms with Crippen molar-refractivity contribution in [3.05, 3.63) is 90.5 Å². The van der Waals surface area contributed by atoms with Crippen LogP contribution in [0, 0.1) is 6.92 Å². The fourth-order valence-electron chi connectivity index (χ4n) is 2.20. The lowest BCUT2D eigenvalue weighted by molar-refractivity contribution is 1.30. The molecule has 0 bridgehead atoms. The molecule has 0 fully saturated rings. The Morgan fingerprint density at radius 2 is 0.864 bits per heavy atom. The van der Waals surface area contributed by atoms with Crippen LogP contribution in [0.2, 0.25) is 0 Å². The first-order valence-electron chi connectivity index (χ1n) is 7.76. The SMILES string of the molecule is CC.Cc1ccc([S+](c2ccccc2)c2ccccc2)cc1. The van der Waals surface area contributed by atoms with E-state index < -0.39 is 0 Å². The molecule has 0 aliphatic rings. The fourth-order valence-corrected chi connectivity index (χ4v) is 4.28. The Morgan fingerprint density at radius 1 is 0.500 bits per heavy atom. The van der Waals surface area contributed by atoms with E-state index in [1.165, 1.54) is 20.2 Å². The number of hydrogen-bond acceptors (Lipinski definition) is 0. The van der Waals surface area contributed by atoms with Gasteiger partial charge in [0.05, 0.1) is 10.9 Å². The molecule has 0 saturated carbocycles. The van der Waals surface area contributed by atoms with E-state index in [1.54, 1.807) is 0 Å². The summed E-state index contributed by atoms with van der Waals surface area (Å²) in [7, 11) is -0.0229. The van der Waals surface area contributed by atoms with E-state index >= 15 is 0 Å². The summed E-state index contributed by atoms with van der Waals surface area (Å²) >= 11 is 0. The van der Waals surface area contributed by atoms with Crippen LogP contribution in [0.1, 0.15) is 19.4 Å². The van der Waals surface area contributed by atoms with Crippen LogP contribution in [0.5, 0.6) is 0 Å². The third kappa shape index (κ3) is 4.02. The molecule has 22 heavy (non-hydrogen) atoms. The van der Waals surface area contributed by atoms with Crippen LogP contribution in [0.3, 0.4) is 0 Å². The van der Waals surface area contributed by atoms with Gasteiger partial charge in [0, 0.05) is 0 Å². The minimum Gasteiger partial charge on any atom is -0.0683 e. The second-order valence-electron chi connectivity index (χ2n) is 4.75. The molecule has 3 rings (SSSR count). The van der Waals surface area contributed by atoms with Crippen molar-refractivity contribution < 1.29 is 0 Å². The lowest BCUT2D eigenvalue weighted by Crippen LogP contribution is -2.04. The average molecular weight is 307 g/mol. The molecule has 0 heterocycles. The maximum Gasteiger partial charge on any atom is 0.166 e. The van der Waals surface area contributed by atoms with Crippen LogP contribution in [0.4, 0.5) is 0 Å². The number of hydrogen-bond donors (Lipinski definition) is 0. The van der Waals surface area contributed by atoms with Gasteiger partial charge in [-0.25, -0.2) is 0 Å². The van der Waals surface area contributed by atoms with E-state index in [4.69, 9.17) is 0 Å². The van der Waals surface area contributed by atoms with Crippen molar-refractivity contribution in [1.82, 2.24) is 0 Å². The molecular weight excluding hydrogens is 284 g/mol. The zero-order valence-corrected chi connectivity index (χ0v) is 14.3. The zero-order valence-electron chi connectivity index (χ0n) is 13.5. The van der Waals surface area contributed by atoms with Gasteiger partial charge >= 0.3 is 0 Å². The molecule has 0 aromatic heterocycles. The summed E-state index contributed by atoms with van der Waals surface area (Å²) in [6.07, 6.45) is 0. The Labute approximate surface area is 137 Å². The van der Waals surface area contributed by atoms with E-state index in [9.17, 15) is 0 Å². The van der Waals surface area contributed by atoms with Crippen molar-refractivity contribution in [2.24, 2.45) is 0 Å². The van der Waals surface area contributed by atoms with Crippen LogP contribution in [-0.2, 0) is 10.9 Å². The van der Waals surface area contributed by atoms with Crippen molar-refractivity contribution in [3.8, 4) is 0 Å². The zero-order chi connectivity index (χ0) is 15.8. The minimum absolute atomic E-state index is 0.0229. The molecule has 0 unspecified atom stereocenters. The van der Waals surface area contributed by atoms with E-state index in [0.717, 1.165) is 0 Å². The Kier molecular flexibility index (Phi) is 6.29. The van der Waals surface area contributed by atoms with Gasteiger partial charge in [-0.15, -0.1) is 0 Å². The summed E-state index contributed by atoms with van der Waals surface area (Å²) in [4.78, 5) is 4.10. The van der Waals surface area contributed by atoms with Gasteiger partial charge in [-0.05, 0) is 43.3 Å². The van der Waals surface area contributed by atoms with Crippen LogP contribution in [0.25, 0.3) is 0 Å². The van der Waals surface area contributed by atoms with Gasteiger partial charge < -0.3 is 0 Å². The number of benzene rings is 3. The number of rotatable bonds is 3. The van der Waals surface area contributed by atoms with E-state index in [-0.39, 0.29) is 10.9 Å². The van der Waals surface area contributed by atoms with Crippen LogP contribution < -0.4 is 0 Å². The number of aryl methyl sites for hydroxylation is 1. The van der Waals surface area contributed by atoms with Crippen LogP contribution in [-0.4, -0.2) is 0 Å². The highest BCUT2D eigenvalue weighted by Gasteiger charge is 2.27. The Hall–Kier alpha value is -1.99. The van der Waals surface area contributed by atoms with Crippen molar-refractivity contribution in [1.29, 1.82) is 0 Å². The molecule has 0 aliphatic heterocycles. The lowest BCUT2D eigenvalue weighted by atomic mass is 10.2. The molecule has 0 aliphatic carbocycles. The smallest absolute Gasteiger partial charge is 0.0683 e. The minimum atomic E-state index is -0.0229. The van der Waals surface area contributed by atoms with Gasteiger partial charge in [-0.3, -0.25) is 0 Å². The molecular formula is C21H23S+. The predicted molar refractivity (Wildman–Crippen MR) is 97.6 cm³/mol. The predicted octanol–water partition coefficient (Wildman–Crippen LogP) is 6.12. The molecule has 0 nitrogen and oxygen atoms in total. The Morgan fingerprint density at radius 3 is 1.27 bits per heavy atom. The molecule has 0 amide bonds. The Balaban J connectivity index is 0.000000847. The monoisotopic (exact) mass is 307 g/mol. The van der Waals surface area contributed by atoms with Crippen molar-refractivity contribution in [3.63, 3.8) is 0 Å². The summed E-state index contributed by atoms with van der Waals surface area (Å²) in [5.41, 5.74) is 1.30. The maximum absolute atomic E-state index is 2.25. The van der Waals surface area contributed by atoms with Crippen molar-refractivity contribution >= 4 is 10.9 Å². The molecule has 3 aromatic rings. The summed E-state index contributed by atoms with van der Waals surface area (Å²) in [6, 6.07) is 30.4. The summed E-state index contributed by atoms with van der Waals surface area (Å²) in [5, 5.41) is 0. The van der Waals surface area contributed by atoms with Crippen molar-refractivity contribution in [2.75, 3.05) is 0 Å². The van der Waals surface area contributed by atoms with E-state index in [1.807, 2.05) is 13.8 Å². The van der Waals surface area contributed by atoms with Crippen LogP contribution >= 0.6 is 0 Å². The van der Waals surface area contributed by atoms with Gasteiger partial charge in [0.1, 0.15) is 0 Å². The summed E-state index contributed by atoms with van der Waals surface area (Å²) < 4.78 is 0. The largest absolute Gasteiger partial charge is 0.166 e. The second kappa shape index (κ2) is 8.45. The van der Waals surface area contributed by atoms with Crippen molar-refractivity contribution in [2.45, 2.75) is 35.5 Å². The third-order valence-electron chi connectivity index (χ3n) is 3.21. The standard InChI is InChI=1S/C19H17S.C2H6/c1-16-12-14-19(15-13-16)20(17-8-4-2-5-9-17)18-10-6-3-7-11-18;1-2/h2-15H,1H3;1-2H3/q+1;. The third-order valence-corrected chi connectivity index (χ3v) is 5.45. The molecule has 0 spiro atoms. The quantitative estimate of drug-likeness (QED) is 0.512. The Bertz CT molecular complexity index is 618. The van der Waals surface area contributed by atoms with E-state index in [0.29, 0.717) is 0 Å². The van der Waals surface area contributed by atoms with Crippen LogP contribution in [0.15, 0.2) is 99.6 Å². The molecule has 0 N–H and O–H groups in total. The lowest BCUT2D eigenvalue weighted by Gasteiger charge is -2.07. The average Bonchev–Trinajstić information content (AvgIpc) is 2.61. The van der Waals surface area contributed by atoms with Gasteiger partial charge in [0.2, 0.25) is 0 Å². The highest BCUT2D eigenvalue weighted by molar-refractivity contribution is 7.97. The first-order chi connectivity index (χ1) is 10.8. The fraction of sp³-hybridized carbons (Fsp3) is 0.143. The topological polar surface area (TPSA) is 0 Å². The van der Waals surface area contributed by atoms with Gasteiger partial charge in [-0.1, -0.05) is 67.9 Å². The molecule has 0 radical (unpaired) electrons. The first kappa shape index (κ1) is 16.4. The highest BCUT2D eigenvalue weighted by atomic mass is 32.2. The van der Waals surface area contributed by atoms with Gasteiger partial charge in [0.15, 0.2) is 14.7 Å². The summed E-state index contributed by atoms with van der Waals surface area (Å²) in [5.74, 6) is 0. The molecule has 112 valence electrons. The summed E-state index contributed by atoms with van der Waals surface area (Å²) in [6.45, 7) is 6.13. The first-order valence-corrected chi connectivity index (χ1v) is 8.98. The second-order valence-corrected chi connectivity index (χ2v) is 6.77.